The lowest BCUT2D eigenvalue weighted by molar-refractivity contribution is -0.128. The van der Waals surface area contributed by atoms with Gasteiger partial charge in [-0.2, -0.15) is 0 Å². The van der Waals surface area contributed by atoms with Gasteiger partial charge in [0.2, 0.25) is 5.91 Å². The molecule has 0 aromatic carbocycles. The van der Waals surface area contributed by atoms with Gasteiger partial charge in [0, 0.05) is 19.1 Å². The number of amides is 1. The Morgan fingerprint density at radius 2 is 1.72 bits per heavy atom. The molecule has 0 aromatic heterocycles. The van der Waals surface area contributed by atoms with E-state index in [9.17, 15) is 13.2 Å². The molecule has 0 aromatic rings. The fourth-order valence-electron chi connectivity index (χ4n) is 1.74. The van der Waals surface area contributed by atoms with Crippen LogP contribution in [-0.4, -0.2) is 56.4 Å². The van der Waals surface area contributed by atoms with Gasteiger partial charge in [-0.25, -0.2) is 8.42 Å². The molecule has 2 atom stereocenters. The first-order valence-electron chi connectivity index (χ1n) is 6.45. The molecule has 0 saturated heterocycles. The van der Waals surface area contributed by atoms with Crippen molar-refractivity contribution >= 4 is 15.7 Å². The maximum Gasteiger partial charge on any atom is 0.237 e. The highest BCUT2D eigenvalue weighted by molar-refractivity contribution is 7.92. The number of carbonyl (C=O) groups excluding carboxylic acids is 1. The quantitative estimate of drug-likeness (QED) is 0.708. The van der Waals surface area contributed by atoms with Crippen LogP contribution in [0.25, 0.3) is 0 Å². The van der Waals surface area contributed by atoms with Gasteiger partial charge < -0.3 is 10.2 Å². The first kappa shape index (κ1) is 17.4. The van der Waals surface area contributed by atoms with Gasteiger partial charge >= 0.3 is 0 Å². The van der Waals surface area contributed by atoms with E-state index in [1.807, 2.05) is 20.8 Å². The lowest BCUT2D eigenvalue weighted by Gasteiger charge is -2.21. The maximum atomic E-state index is 12.1. The predicted molar refractivity (Wildman–Crippen MR) is 74.3 cm³/mol. The fraction of sp³-hybridized carbons (Fsp3) is 0.917. The van der Waals surface area contributed by atoms with Gasteiger partial charge in [0.15, 0.2) is 9.84 Å². The molecule has 1 N–H and O–H groups in total. The Kier molecular flexibility index (Phi) is 7.47. The molecule has 18 heavy (non-hydrogen) atoms. The van der Waals surface area contributed by atoms with Crippen LogP contribution in [0.1, 0.15) is 34.1 Å². The third-order valence-electron chi connectivity index (χ3n) is 3.23. The molecule has 2 unspecified atom stereocenters. The van der Waals surface area contributed by atoms with Crippen molar-refractivity contribution in [3.8, 4) is 0 Å². The van der Waals surface area contributed by atoms with E-state index in [4.69, 9.17) is 0 Å². The summed E-state index contributed by atoms with van der Waals surface area (Å²) in [6.07, 6.45) is 0.518. The highest BCUT2D eigenvalue weighted by Gasteiger charge is 2.27. The molecule has 0 fully saturated rings. The van der Waals surface area contributed by atoms with Crippen LogP contribution in [0, 0.1) is 0 Å². The molecule has 0 heterocycles. The van der Waals surface area contributed by atoms with Gasteiger partial charge in [0.05, 0.1) is 5.25 Å². The summed E-state index contributed by atoms with van der Waals surface area (Å²) in [4.78, 5) is 13.4. The Hall–Kier alpha value is -0.620. The van der Waals surface area contributed by atoms with Crippen molar-refractivity contribution < 1.29 is 13.2 Å². The second-order valence-corrected chi connectivity index (χ2v) is 7.03. The monoisotopic (exact) mass is 278 g/mol. The molecule has 0 radical (unpaired) electrons. The second-order valence-electron chi connectivity index (χ2n) is 4.61. The van der Waals surface area contributed by atoms with Crippen LogP contribution in [0.15, 0.2) is 0 Å². The largest absolute Gasteiger partial charge is 0.342 e. The molecule has 0 rings (SSSR count). The van der Waals surface area contributed by atoms with Crippen molar-refractivity contribution in [2.75, 3.05) is 25.9 Å². The number of rotatable bonds is 8. The summed E-state index contributed by atoms with van der Waals surface area (Å²) in [6, 6.07) is 0.123. The second kappa shape index (κ2) is 7.74. The van der Waals surface area contributed by atoms with Crippen molar-refractivity contribution in [1.29, 1.82) is 0 Å². The van der Waals surface area contributed by atoms with Crippen LogP contribution in [-0.2, 0) is 14.6 Å². The molecule has 5 nitrogen and oxygen atoms in total. The van der Waals surface area contributed by atoms with Gasteiger partial charge in [-0.05, 0) is 41.2 Å². The SMILES string of the molecule is CCN(CC)C(=O)CS(=O)(=O)C(C)CC(C)NC. The molecular weight excluding hydrogens is 252 g/mol. The zero-order valence-corrected chi connectivity index (χ0v) is 12.9. The first-order chi connectivity index (χ1) is 8.28. The van der Waals surface area contributed by atoms with Crippen molar-refractivity contribution in [2.24, 2.45) is 0 Å². The summed E-state index contributed by atoms with van der Waals surface area (Å²) < 4.78 is 24.1. The van der Waals surface area contributed by atoms with E-state index < -0.39 is 15.1 Å². The van der Waals surface area contributed by atoms with Crippen LogP contribution in [0.2, 0.25) is 0 Å². The topological polar surface area (TPSA) is 66.5 Å². The predicted octanol–water partition coefficient (Wildman–Crippen LogP) is 0.656. The summed E-state index contributed by atoms with van der Waals surface area (Å²) in [7, 11) is -1.56. The average molecular weight is 278 g/mol. The average Bonchev–Trinajstić information content (AvgIpc) is 2.29. The number of sulfone groups is 1. The summed E-state index contributed by atoms with van der Waals surface area (Å²) in [5.74, 6) is -0.685. The Morgan fingerprint density at radius 3 is 2.11 bits per heavy atom. The highest BCUT2D eigenvalue weighted by Crippen LogP contribution is 2.10. The van der Waals surface area contributed by atoms with Gasteiger partial charge in [-0.1, -0.05) is 0 Å². The Balaban J connectivity index is 4.60. The third kappa shape index (κ3) is 5.35. The van der Waals surface area contributed by atoms with E-state index in [0.29, 0.717) is 19.5 Å². The molecule has 0 saturated carbocycles. The molecule has 108 valence electrons. The van der Waals surface area contributed by atoms with Crippen LogP contribution in [0.3, 0.4) is 0 Å². The van der Waals surface area contributed by atoms with Crippen molar-refractivity contribution in [1.82, 2.24) is 10.2 Å². The molecule has 0 aliphatic heterocycles. The Labute approximate surface area is 111 Å². The third-order valence-corrected chi connectivity index (χ3v) is 5.30. The normalized spacial score (nSPS) is 15.2. The van der Waals surface area contributed by atoms with E-state index >= 15 is 0 Å². The molecule has 1 amide bonds. The standard InChI is InChI=1S/C12H26N2O3S/c1-6-14(7-2)12(15)9-18(16,17)11(4)8-10(3)13-5/h10-11,13H,6-9H2,1-5H3. The summed E-state index contributed by atoms with van der Waals surface area (Å²) in [6.45, 7) is 8.39. The number of nitrogens with zero attached hydrogens (tertiary/aromatic N) is 1. The molecule has 0 spiro atoms. The van der Waals surface area contributed by atoms with E-state index in [0.717, 1.165) is 0 Å². The fourth-order valence-corrected chi connectivity index (χ4v) is 3.14. The van der Waals surface area contributed by atoms with Crippen LogP contribution >= 0.6 is 0 Å². The Morgan fingerprint density at radius 1 is 1.22 bits per heavy atom. The first-order valence-corrected chi connectivity index (χ1v) is 8.16. The summed E-state index contributed by atoms with van der Waals surface area (Å²) >= 11 is 0. The van der Waals surface area contributed by atoms with Crippen molar-refractivity contribution in [3.63, 3.8) is 0 Å². The van der Waals surface area contributed by atoms with Crippen LogP contribution < -0.4 is 5.32 Å². The smallest absolute Gasteiger partial charge is 0.237 e. The van der Waals surface area contributed by atoms with E-state index in [2.05, 4.69) is 5.32 Å². The lowest BCUT2D eigenvalue weighted by Crippen LogP contribution is -2.39. The summed E-state index contributed by atoms with van der Waals surface area (Å²) in [5.41, 5.74) is 0. The highest BCUT2D eigenvalue weighted by atomic mass is 32.2. The van der Waals surface area contributed by atoms with Crippen molar-refractivity contribution in [2.45, 2.75) is 45.4 Å². The van der Waals surface area contributed by atoms with Crippen LogP contribution in [0.5, 0.6) is 0 Å². The maximum absolute atomic E-state index is 12.1. The zero-order chi connectivity index (χ0) is 14.3. The van der Waals surface area contributed by atoms with E-state index in [-0.39, 0.29) is 17.7 Å². The van der Waals surface area contributed by atoms with Gasteiger partial charge in [0.1, 0.15) is 5.75 Å². The molecule has 0 aliphatic rings. The van der Waals surface area contributed by atoms with Gasteiger partial charge in [0.25, 0.3) is 0 Å². The minimum Gasteiger partial charge on any atom is -0.342 e. The lowest BCUT2D eigenvalue weighted by atomic mass is 10.2. The van der Waals surface area contributed by atoms with Crippen LogP contribution in [0.4, 0.5) is 0 Å². The number of hydrogen-bond donors (Lipinski definition) is 1. The number of carbonyl (C=O) groups is 1. The van der Waals surface area contributed by atoms with Gasteiger partial charge in [-0.3, -0.25) is 4.79 Å². The number of nitrogens with one attached hydrogen (secondary N) is 1. The van der Waals surface area contributed by atoms with E-state index in [1.54, 1.807) is 18.9 Å². The van der Waals surface area contributed by atoms with E-state index in [1.165, 1.54) is 0 Å². The molecule has 6 heteroatoms. The Bertz CT molecular complexity index is 350. The minimum absolute atomic E-state index is 0.123. The number of hydrogen-bond acceptors (Lipinski definition) is 4. The molecule has 0 bridgehead atoms. The summed E-state index contributed by atoms with van der Waals surface area (Å²) in [5, 5.41) is 2.51. The molecule has 0 aliphatic carbocycles. The van der Waals surface area contributed by atoms with Gasteiger partial charge in [-0.15, -0.1) is 0 Å². The molecular formula is C12H26N2O3S. The minimum atomic E-state index is -3.36. The van der Waals surface area contributed by atoms with Crippen molar-refractivity contribution in [3.05, 3.63) is 0 Å². The zero-order valence-electron chi connectivity index (χ0n) is 12.1.